The highest BCUT2D eigenvalue weighted by molar-refractivity contribution is 5.11. The highest BCUT2D eigenvalue weighted by Gasteiger charge is 2.01. The van der Waals surface area contributed by atoms with Gasteiger partial charge in [-0.2, -0.15) is 5.10 Å². The van der Waals surface area contributed by atoms with Crippen LogP contribution >= 0.6 is 0 Å². The molecule has 0 atom stereocenters. The quantitative estimate of drug-likeness (QED) is 0.653. The van der Waals surface area contributed by atoms with Crippen molar-refractivity contribution in [1.82, 2.24) is 20.4 Å². The van der Waals surface area contributed by atoms with E-state index in [1.165, 1.54) is 0 Å². The molecule has 0 spiro atoms. The van der Waals surface area contributed by atoms with Crippen LogP contribution in [-0.4, -0.2) is 47.9 Å². The van der Waals surface area contributed by atoms with Crippen molar-refractivity contribution in [3.63, 3.8) is 0 Å². The van der Waals surface area contributed by atoms with Crippen molar-refractivity contribution < 1.29 is 4.74 Å². The summed E-state index contributed by atoms with van der Waals surface area (Å²) in [6, 6.07) is 3.85. The summed E-state index contributed by atoms with van der Waals surface area (Å²) in [6.07, 6.45) is 1.12. The van der Waals surface area contributed by atoms with Crippen molar-refractivity contribution in [2.75, 3.05) is 32.8 Å². The minimum atomic E-state index is 0.603. The van der Waals surface area contributed by atoms with Gasteiger partial charge in [0, 0.05) is 19.2 Å². The van der Waals surface area contributed by atoms with Crippen LogP contribution in [0.1, 0.15) is 32.9 Å². The Kier molecular flexibility index (Phi) is 8.09. The standard InChI is InChI=1S/C14H26N4O/c1-4-9-15-12-13-7-8-14(17-16-13)19-11-10-18(5-2)6-3/h7-8,15H,4-6,9-12H2,1-3H3. The first kappa shape index (κ1) is 15.9. The summed E-state index contributed by atoms with van der Waals surface area (Å²) < 4.78 is 5.59. The third kappa shape index (κ3) is 6.50. The van der Waals surface area contributed by atoms with E-state index in [1.807, 2.05) is 12.1 Å². The Hall–Kier alpha value is -1.20. The number of rotatable bonds is 10. The summed E-state index contributed by atoms with van der Waals surface area (Å²) in [6.45, 7) is 11.9. The van der Waals surface area contributed by atoms with Crippen LogP contribution in [0.25, 0.3) is 0 Å². The summed E-state index contributed by atoms with van der Waals surface area (Å²) in [5, 5.41) is 11.5. The van der Waals surface area contributed by atoms with E-state index in [1.54, 1.807) is 0 Å². The average molecular weight is 266 g/mol. The zero-order valence-electron chi connectivity index (χ0n) is 12.4. The van der Waals surface area contributed by atoms with E-state index in [4.69, 9.17) is 4.74 Å². The molecule has 0 unspecified atom stereocenters. The lowest BCUT2D eigenvalue weighted by molar-refractivity contribution is 0.216. The fraction of sp³-hybridized carbons (Fsp3) is 0.714. The van der Waals surface area contributed by atoms with Crippen LogP contribution in [-0.2, 0) is 6.54 Å². The average Bonchev–Trinajstić information content (AvgIpc) is 2.45. The van der Waals surface area contributed by atoms with Gasteiger partial charge in [0.25, 0.3) is 0 Å². The maximum Gasteiger partial charge on any atom is 0.233 e. The summed E-state index contributed by atoms with van der Waals surface area (Å²) >= 11 is 0. The van der Waals surface area contributed by atoms with Crippen molar-refractivity contribution in [3.05, 3.63) is 17.8 Å². The number of likely N-dealkylation sites (N-methyl/N-ethyl adjacent to an activating group) is 1. The molecule has 5 heteroatoms. The van der Waals surface area contributed by atoms with Crippen molar-refractivity contribution in [3.8, 4) is 5.88 Å². The van der Waals surface area contributed by atoms with Crippen LogP contribution in [0.2, 0.25) is 0 Å². The fourth-order valence-electron chi connectivity index (χ4n) is 1.73. The second-order valence-corrected chi connectivity index (χ2v) is 4.42. The minimum Gasteiger partial charge on any atom is -0.475 e. The van der Waals surface area contributed by atoms with E-state index in [-0.39, 0.29) is 0 Å². The van der Waals surface area contributed by atoms with Crippen molar-refractivity contribution in [1.29, 1.82) is 0 Å². The summed E-state index contributed by atoms with van der Waals surface area (Å²) in [5.41, 5.74) is 0.949. The molecule has 5 nitrogen and oxygen atoms in total. The first-order valence-corrected chi connectivity index (χ1v) is 7.18. The zero-order valence-corrected chi connectivity index (χ0v) is 12.4. The molecule has 1 N–H and O–H groups in total. The van der Waals surface area contributed by atoms with Gasteiger partial charge in [-0.25, -0.2) is 0 Å². The topological polar surface area (TPSA) is 50.3 Å². The first-order chi connectivity index (χ1) is 9.30. The van der Waals surface area contributed by atoms with Crippen LogP contribution in [0.4, 0.5) is 0 Å². The predicted molar refractivity (Wildman–Crippen MR) is 77.3 cm³/mol. The minimum absolute atomic E-state index is 0.603. The lowest BCUT2D eigenvalue weighted by atomic mass is 10.3. The van der Waals surface area contributed by atoms with Gasteiger partial charge in [-0.15, -0.1) is 5.10 Å². The maximum atomic E-state index is 5.59. The van der Waals surface area contributed by atoms with E-state index in [0.717, 1.165) is 44.8 Å². The largest absolute Gasteiger partial charge is 0.475 e. The van der Waals surface area contributed by atoms with E-state index in [2.05, 4.69) is 41.2 Å². The molecule has 0 saturated carbocycles. The SMILES string of the molecule is CCCNCc1ccc(OCCN(CC)CC)nn1. The van der Waals surface area contributed by atoms with E-state index in [0.29, 0.717) is 12.5 Å². The van der Waals surface area contributed by atoms with E-state index < -0.39 is 0 Å². The molecule has 1 heterocycles. The lowest BCUT2D eigenvalue weighted by Crippen LogP contribution is -2.28. The summed E-state index contributed by atoms with van der Waals surface area (Å²) in [4.78, 5) is 2.32. The number of ether oxygens (including phenoxy) is 1. The van der Waals surface area contributed by atoms with E-state index >= 15 is 0 Å². The Balaban J connectivity index is 2.27. The van der Waals surface area contributed by atoms with Gasteiger partial charge in [0.15, 0.2) is 0 Å². The number of nitrogens with one attached hydrogen (secondary N) is 1. The highest BCUT2D eigenvalue weighted by atomic mass is 16.5. The van der Waals surface area contributed by atoms with Crippen molar-refractivity contribution in [2.45, 2.75) is 33.7 Å². The molecule has 0 aliphatic rings. The Morgan fingerprint density at radius 1 is 1.16 bits per heavy atom. The third-order valence-electron chi connectivity index (χ3n) is 2.98. The number of hydrogen-bond acceptors (Lipinski definition) is 5. The molecule has 0 fully saturated rings. The highest BCUT2D eigenvalue weighted by Crippen LogP contribution is 2.04. The smallest absolute Gasteiger partial charge is 0.233 e. The Morgan fingerprint density at radius 3 is 2.53 bits per heavy atom. The second kappa shape index (κ2) is 9.69. The lowest BCUT2D eigenvalue weighted by Gasteiger charge is -2.17. The number of nitrogens with zero attached hydrogens (tertiary/aromatic N) is 3. The molecule has 1 aromatic rings. The molecule has 108 valence electrons. The molecule has 0 radical (unpaired) electrons. The molecule has 0 saturated heterocycles. The molecule has 19 heavy (non-hydrogen) atoms. The Labute approximate surface area is 116 Å². The van der Waals surface area contributed by atoms with Gasteiger partial charge in [0.1, 0.15) is 6.61 Å². The van der Waals surface area contributed by atoms with Gasteiger partial charge in [0.2, 0.25) is 5.88 Å². The zero-order chi connectivity index (χ0) is 13.9. The van der Waals surface area contributed by atoms with Crippen LogP contribution in [0.5, 0.6) is 5.88 Å². The first-order valence-electron chi connectivity index (χ1n) is 7.18. The van der Waals surface area contributed by atoms with Gasteiger partial charge in [-0.3, -0.25) is 0 Å². The summed E-state index contributed by atoms with van der Waals surface area (Å²) in [5.74, 6) is 0.603. The number of hydrogen-bond donors (Lipinski definition) is 1. The maximum absolute atomic E-state index is 5.59. The van der Waals surface area contributed by atoms with Crippen molar-refractivity contribution in [2.24, 2.45) is 0 Å². The van der Waals surface area contributed by atoms with Crippen LogP contribution in [0.3, 0.4) is 0 Å². The molecule has 0 bridgehead atoms. The second-order valence-electron chi connectivity index (χ2n) is 4.42. The molecule has 0 amide bonds. The molecule has 0 aliphatic heterocycles. The van der Waals surface area contributed by atoms with Crippen LogP contribution in [0, 0.1) is 0 Å². The number of aromatic nitrogens is 2. The molecule has 1 rings (SSSR count). The van der Waals surface area contributed by atoms with Crippen LogP contribution in [0.15, 0.2) is 12.1 Å². The van der Waals surface area contributed by atoms with Gasteiger partial charge >= 0.3 is 0 Å². The van der Waals surface area contributed by atoms with Crippen LogP contribution < -0.4 is 10.1 Å². The fourth-order valence-corrected chi connectivity index (χ4v) is 1.73. The predicted octanol–water partition coefficient (Wildman–Crippen LogP) is 1.70. The van der Waals surface area contributed by atoms with Gasteiger partial charge in [-0.1, -0.05) is 20.8 Å². The normalized spacial score (nSPS) is 10.9. The molecule has 1 aromatic heterocycles. The molecule has 0 aliphatic carbocycles. The van der Waals surface area contributed by atoms with Gasteiger partial charge in [-0.05, 0) is 32.1 Å². The summed E-state index contributed by atoms with van der Waals surface area (Å²) in [7, 11) is 0. The van der Waals surface area contributed by atoms with Gasteiger partial charge in [0.05, 0.1) is 5.69 Å². The third-order valence-corrected chi connectivity index (χ3v) is 2.98. The molecular weight excluding hydrogens is 240 g/mol. The molecular formula is C14H26N4O. The Morgan fingerprint density at radius 2 is 1.95 bits per heavy atom. The Bertz CT molecular complexity index is 325. The van der Waals surface area contributed by atoms with Crippen molar-refractivity contribution >= 4 is 0 Å². The molecule has 0 aromatic carbocycles. The van der Waals surface area contributed by atoms with E-state index in [9.17, 15) is 0 Å². The monoisotopic (exact) mass is 266 g/mol. The van der Waals surface area contributed by atoms with Gasteiger partial charge < -0.3 is 15.0 Å².